The third-order valence-electron chi connectivity index (χ3n) is 28.1. The number of nitrogens with zero attached hydrogens (tertiary/aromatic N) is 9. The van der Waals surface area contributed by atoms with Gasteiger partial charge >= 0.3 is 0 Å². The van der Waals surface area contributed by atoms with Crippen LogP contribution < -0.4 is 0 Å². The predicted octanol–water partition coefficient (Wildman–Crippen LogP) is 36.0. The maximum absolute atomic E-state index is 6.73. The SMILES string of the molecule is c1ccc(-c2ccc(-c3nc(-c4ccccc4)nc(-c4ccc5c(c4)oc4c(-c6ccc7c(c6)oc6ccccc67)cccc45)n3)cc2)cc1.c1ccc(-c2ccc3c(c2)oc2c(-c4cccc5c4oc4cc(-c6ccc(-c7nc(-c8ccccc8)nc(-c8ccccc8)n7)cc6)ccc45)cccc23)cc1.c1ccc(-c2nc(-c3ccccc3)nc(-c3ccc4c(c3)oc3c(-c5ccc6c(c5)oc5ccccc56)cccc34)n2)cc1. The molecule has 0 aliphatic heterocycles. The lowest BCUT2D eigenvalue weighted by Gasteiger charge is -2.09. The zero-order valence-corrected chi connectivity index (χ0v) is 80.2. The number of furan rings is 6. The number of aromatic nitrogens is 9. The van der Waals surface area contributed by atoms with Crippen molar-refractivity contribution >= 4 is 132 Å². The standard InChI is InChI=1S/C51H31N3O2.C45H27N3O2.C39H23N3O2/c1-4-12-32(13-5-1)37-26-28-39-41-18-10-20-43(47(41)55-45(39)30-37)44-21-11-19-42-40-29-27-38(31-46(40)56-48(42)44)33-22-24-36(25-23-33)51-53-49(34-14-6-2-7-15-34)52-50(54-51)35-16-8-3-9-17-35;1-3-10-28(11-4-1)29-18-20-31(21-19-29)44-46-43(30-12-5-2-6-13-30)47-45(48-44)33-23-25-37-38-16-9-15-34(42(38)50-41(37)27-33)32-22-24-36-35-14-7-8-17-39(35)49-40(36)26-32;1-3-10-24(11-4-1)37-40-38(25-12-5-2-6-13-25)42-39(41-37)27-19-21-31-32-16-9-15-28(36(32)44-35(31)23-27)26-18-20-30-29-14-7-8-17-33(29)43-34(30)22-26/h1-31H;1-27H;1-23H. The molecule has 0 unspecified atom stereocenters. The zero-order chi connectivity index (χ0) is 99.1. The summed E-state index contributed by atoms with van der Waals surface area (Å²) in [5.41, 5.74) is 31.1. The second kappa shape index (κ2) is 37.0. The minimum Gasteiger partial charge on any atom is -0.456 e. The maximum atomic E-state index is 6.73. The molecule has 0 N–H and O–H groups in total. The Morgan fingerprint density at radius 3 is 0.580 bits per heavy atom. The highest BCUT2D eigenvalue weighted by Gasteiger charge is 2.25. The smallest absolute Gasteiger partial charge is 0.164 e. The summed E-state index contributed by atoms with van der Waals surface area (Å²) < 4.78 is 39.0. The highest BCUT2D eigenvalue weighted by molar-refractivity contribution is 6.18. The fourth-order valence-corrected chi connectivity index (χ4v) is 20.6. The van der Waals surface area contributed by atoms with Crippen LogP contribution in [0.25, 0.3) is 301 Å². The summed E-state index contributed by atoms with van der Waals surface area (Å²) in [5.74, 6) is 5.57. The summed E-state index contributed by atoms with van der Waals surface area (Å²) in [7, 11) is 0. The molecule has 15 heteroatoms. The Labute approximate surface area is 857 Å². The highest BCUT2D eigenvalue weighted by Crippen LogP contribution is 2.47. The van der Waals surface area contributed by atoms with Crippen LogP contribution in [-0.2, 0) is 0 Å². The molecule has 9 aromatic heterocycles. The summed E-state index contributed by atoms with van der Waals surface area (Å²) >= 11 is 0. The van der Waals surface area contributed by atoms with E-state index in [-0.39, 0.29) is 0 Å². The topological polar surface area (TPSA) is 195 Å². The van der Waals surface area contributed by atoms with Crippen molar-refractivity contribution in [2.75, 3.05) is 0 Å². The lowest BCUT2D eigenvalue weighted by molar-refractivity contribution is 0.665. The van der Waals surface area contributed by atoms with Crippen molar-refractivity contribution in [1.82, 2.24) is 44.9 Å². The van der Waals surface area contributed by atoms with Crippen LogP contribution in [0.2, 0.25) is 0 Å². The van der Waals surface area contributed by atoms with E-state index in [1.54, 1.807) is 0 Å². The molecule has 0 aliphatic rings. The highest BCUT2D eigenvalue weighted by atomic mass is 16.4. The van der Waals surface area contributed by atoms with Gasteiger partial charge in [-0.15, -0.1) is 0 Å². The third kappa shape index (κ3) is 16.1. The molecule has 0 atom stereocenters. The average Bonchev–Trinajstić information content (AvgIpc) is 1.59. The molecule has 702 valence electrons. The van der Waals surface area contributed by atoms with Crippen LogP contribution in [0.4, 0.5) is 0 Å². The molecular weight excluding hydrogens is 1840 g/mol. The van der Waals surface area contributed by atoms with Gasteiger partial charge in [0.15, 0.2) is 52.4 Å². The maximum Gasteiger partial charge on any atom is 0.164 e. The number of fused-ring (bicyclic) bond motifs is 18. The lowest BCUT2D eigenvalue weighted by Crippen LogP contribution is -2.00. The van der Waals surface area contributed by atoms with Crippen molar-refractivity contribution in [3.63, 3.8) is 0 Å². The molecule has 0 bridgehead atoms. The van der Waals surface area contributed by atoms with Gasteiger partial charge in [0, 0.05) is 137 Å². The molecule has 30 rings (SSSR count). The van der Waals surface area contributed by atoms with Gasteiger partial charge in [0.2, 0.25) is 0 Å². The second-order valence-electron chi connectivity index (χ2n) is 37.2. The molecule has 30 aromatic rings. The minimum absolute atomic E-state index is 0.582. The van der Waals surface area contributed by atoms with Gasteiger partial charge < -0.3 is 26.5 Å². The number of benzene rings is 21. The van der Waals surface area contributed by atoms with E-state index in [0.717, 1.165) is 248 Å². The van der Waals surface area contributed by atoms with E-state index in [9.17, 15) is 0 Å². The Morgan fingerprint density at radius 1 is 0.100 bits per heavy atom. The van der Waals surface area contributed by atoms with Crippen LogP contribution in [0.5, 0.6) is 0 Å². The molecular formula is C135H81N9O6. The van der Waals surface area contributed by atoms with Crippen molar-refractivity contribution in [3.8, 4) is 169 Å². The molecule has 0 spiro atoms. The van der Waals surface area contributed by atoms with Crippen molar-refractivity contribution < 1.29 is 26.5 Å². The van der Waals surface area contributed by atoms with Gasteiger partial charge in [0.1, 0.15) is 67.0 Å². The van der Waals surface area contributed by atoms with Gasteiger partial charge in [-0.05, 0) is 129 Å². The first-order valence-electron chi connectivity index (χ1n) is 49.8. The molecule has 150 heavy (non-hydrogen) atoms. The Balaban J connectivity index is 0.000000109. The summed E-state index contributed by atoms with van der Waals surface area (Å²) in [6, 6.07) is 167. The zero-order valence-electron chi connectivity index (χ0n) is 80.2. The lowest BCUT2D eigenvalue weighted by atomic mass is 9.98. The molecule has 21 aromatic carbocycles. The van der Waals surface area contributed by atoms with E-state index in [1.807, 2.05) is 212 Å². The molecule has 9 heterocycles. The van der Waals surface area contributed by atoms with Crippen LogP contribution >= 0.6 is 0 Å². The molecule has 0 aliphatic carbocycles. The first-order valence-corrected chi connectivity index (χ1v) is 49.8. The Kier molecular flexibility index (Phi) is 21.5. The number of hydrogen-bond donors (Lipinski definition) is 0. The van der Waals surface area contributed by atoms with Crippen molar-refractivity contribution in [2.24, 2.45) is 0 Å². The number of para-hydroxylation sites is 6. The van der Waals surface area contributed by atoms with Gasteiger partial charge in [-0.25, -0.2) is 44.9 Å². The van der Waals surface area contributed by atoms with Gasteiger partial charge in [0.25, 0.3) is 0 Å². The van der Waals surface area contributed by atoms with Crippen molar-refractivity contribution in [1.29, 1.82) is 0 Å². The van der Waals surface area contributed by atoms with Crippen LogP contribution in [0.1, 0.15) is 0 Å². The van der Waals surface area contributed by atoms with E-state index >= 15 is 0 Å². The second-order valence-corrected chi connectivity index (χ2v) is 37.2. The molecule has 0 saturated heterocycles. The molecule has 0 amide bonds. The number of hydrogen-bond acceptors (Lipinski definition) is 15. The Bertz CT molecular complexity index is 10300. The molecule has 0 radical (unpaired) electrons. The van der Waals surface area contributed by atoms with E-state index in [1.165, 1.54) is 0 Å². The first-order chi connectivity index (χ1) is 74.3. The van der Waals surface area contributed by atoms with Crippen molar-refractivity contribution in [3.05, 3.63) is 491 Å². The van der Waals surface area contributed by atoms with Crippen LogP contribution in [0.3, 0.4) is 0 Å². The quantitative estimate of drug-likeness (QED) is 0.0939. The van der Waals surface area contributed by atoms with Crippen molar-refractivity contribution in [2.45, 2.75) is 0 Å². The third-order valence-corrected chi connectivity index (χ3v) is 28.1. The van der Waals surface area contributed by atoms with E-state index in [4.69, 9.17) is 71.4 Å². The summed E-state index contributed by atoms with van der Waals surface area (Å²) in [6.07, 6.45) is 0. The molecule has 0 fully saturated rings. The Hall–Kier alpha value is -20.6. The predicted molar refractivity (Wildman–Crippen MR) is 605 cm³/mol. The first kappa shape index (κ1) is 87.3. The van der Waals surface area contributed by atoms with Gasteiger partial charge in [-0.3, -0.25) is 0 Å². The Morgan fingerprint density at radius 2 is 0.273 bits per heavy atom. The van der Waals surface area contributed by atoms with Gasteiger partial charge in [-0.1, -0.05) is 406 Å². The molecule has 0 saturated carbocycles. The van der Waals surface area contributed by atoms with E-state index in [2.05, 4.69) is 279 Å². The summed E-state index contributed by atoms with van der Waals surface area (Å²) in [6.45, 7) is 0. The van der Waals surface area contributed by atoms with Crippen LogP contribution in [0.15, 0.2) is 518 Å². The fraction of sp³-hybridized carbons (Fsp3) is 0. The van der Waals surface area contributed by atoms with E-state index < -0.39 is 0 Å². The number of rotatable bonds is 15. The van der Waals surface area contributed by atoms with Gasteiger partial charge in [0.05, 0.1) is 0 Å². The summed E-state index contributed by atoms with van der Waals surface area (Å²) in [4.78, 5) is 44.2. The monoisotopic (exact) mass is 1920 g/mol. The van der Waals surface area contributed by atoms with E-state index in [0.29, 0.717) is 52.4 Å². The fourth-order valence-electron chi connectivity index (χ4n) is 20.6. The largest absolute Gasteiger partial charge is 0.456 e. The normalized spacial score (nSPS) is 11.6. The summed E-state index contributed by atoms with van der Waals surface area (Å²) in [5, 5.41) is 12.9. The minimum atomic E-state index is 0.582. The van der Waals surface area contributed by atoms with Crippen LogP contribution in [0, 0.1) is 0 Å². The average molecular weight is 1930 g/mol. The molecule has 15 nitrogen and oxygen atoms in total. The van der Waals surface area contributed by atoms with Crippen LogP contribution in [-0.4, -0.2) is 44.9 Å². The van der Waals surface area contributed by atoms with Gasteiger partial charge in [-0.2, -0.15) is 0 Å².